The molecule has 0 atom stereocenters. The minimum Gasteiger partial charge on any atom is -0.486 e. The summed E-state index contributed by atoms with van der Waals surface area (Å²) < 4.78 is 21.0. The van der Waals surface area contributed by atoms with Crippen LogP contribution in [0.1, 0.15) is 17.0 Å². The Morgan fingerprint density at radius 3 is 2.68 bits per heavy atom. The maximum atomic E-state index is 13.3. The van der Waals surface area contributed by atoms with Gasteiger partial charge in [0, 0.05) is 12.2 Å². The zero-order valence-electron chi connectivity index (χ0n) is 17.2. The molecule has 3 rings (SSSR count). The highest BCUT2D eigenvalue weighted by molar-refractivity contribution is 7.99. The van der Waals surface area contributed by atoms with Crippen LogP contribution in [-0.2, 0) is 17.9 Å². The van der Waals surface area contributed by atoms with Crippen LogP contribution in [0.25, 0.3) is 0 Å². The molecule has 1 amide bonds. The summed E-state index contributed by atoms with van der Waals surface area (Å²) in [4.78, 5) is 12.3. The van der Waals surface area contributed by atoms with E-state index in [-0.39, 0.29) is 23.3 Å². The average molecular weight is 461 g/mol. The van der Waals surface area contributed by atoms with Crippen molar-refractivity contribution >= 4 is 35.0 Å². The molecular weight excluding hydrogens is 439 g/mol. The first kappa shape index (κ1) is 22.8. The first-order chi connectivity index (χ1) is 14.9. The summed E-state index contributed by atoms with van der Waals surface area (Å²) in [5.41, 5.74) is 2.66. The number of halogens is 2. The Morgan fingerprint density at radius 1 is 1.26 bits per heavy atom. The summed E-state index contributed by atoms with van der Waals surface area (Å²) in [5.74, 6) is 0.683. The van der Waals surface area contributed by atoms with Crippen LogP contribution in [0.3, 0.4) is 0 Å². The number of aromatic nitrogens is 3. The molecule has 6 nitrogen and oxygen atoms in total. The predicted octanol–water partition coefficient (Wildman–Crippen LogP) is 5.18. The largest absolute Gasteiger partial charge is 0.486 e. The number of nitrogens with zero attached hydrogens (tertiary/aromatic N) is 3. The van der Waals surface area contributed by atoms with Gasteiger partial charge in [-0.05, 0) is 55.3 Å². The minimum atomic E-state index is -0.540. The van der Waals surface area contributed by atoms with E-state index in [0.717, 1.165) is 16.9 Å². The van der Waals surface area contributed by atoms with Crippen molar-refractivity contribution in [3.05, 3.63) is 76.8 Å². The Morgan fingerprint density at radius 2 is 2.00 bits per heavy atom. The third-order valence-electron chi connectivity index (χ3n) is 4.20. The lowest BCUT2D eigenvalue weighted by Crippen LogP contribution is -2.15. The molecule has 1 aromatic heterocycles. The lowest BCUT2D eigenvalue weighted by atomic mass is 10.1. The number of anilines is 1. The highest BCUT2D eigenvalue weighted by Crippen LogP contribution is 2.22. The molecule has 1 N–H and O–H groups in total. The van der Waals surface area contributed by atoms with Gasteiger partial charge in [-0.1, -0.05) is 35.5 Å². The number of aryl methyl sites for hydroxylation is 2. The molecule has 0 unspecified atom stereocenters. The first-order valence-corrected chi connectivity index (χ1v) is 10.8. The molecule has 0 saturated heterocycles. The summed E-state index contributed by atoms with van der Waals surface area (Å²) in [6.07, 6.45) is 1.73. The lowest BCUT2D eigenvalue weighted by molar-refractivity contribution is -0.113. The number of hydrogen-bond donors (Lipinski definition) is 1. The quantitative estimate of drug-likeness (QED) is 0.352. The lowest BCUT2D eigenvalue weighted by Gasteiger charge is -2.10. The number of hydrogen-bond acceptors (Lipinski definition) is 5. The van der Waals surface area contributed by atoms with E-state index in [9.17, 15) is 9.18 Å². The van der Waals surface area contributed by atoms with Crippen molar-refractivity contribution in [2.45, 2.75) is 32.2 Å². The summed E-state index contributed by atoms with van der Waals surface area (Å²) >= 11 is 6.98. The molecule has 2 aromatic carbocycles. The van der Waals surface area contributed by atoms with E-state index < -0.39 is 5.82 Å². The van der Waals surface area contributed by atoms with Crippen LogP contribution in [0.2, 0.25) is 5.02 Å². The fourth-order valence-electron chi connectivity index (χ4n) is 2.91. The van der Waals surface area contributed by atoms with Crippen LogP contribution in [0.15, 0.2) is 54.2 Å². The number of thioether (sulfide) groups is 1. The van der Waals surface area contributed by atoms with Crippen molar-refractivity contribution in [3.63, 3.8) is 0 Å². The number of allylic oxidation sites excluding steroid dienone is 1. The van der Waals surface area contributed by atoms with E-state index >= 15 is 0 Å². The molecule has 0 spiro atoms. The number of carbonyl (C=O) groups is 1. The Kier molecular flexibility index (Phi) is 7.70. The van der Waals surface area contributed by atoms with Gasteiger partial charge in [-0.15, -0.1) is 16.8 Å². The zero-order chi connectivity index (χ0) is 22.4. The third-order valence-corrected chi connectivity index (χ3v) is 5.46. The number of carbonyl (C=O) groups excluding carboxylic acids is 1. The summed E-state index contributed by atoms with van der Waals surface area (Å²) in [7, 11) is 0. The van der Waals surface area contributed by atoms with Gasteiger partial charge in [0.1, 0.15) is 18.2 Å². The van der Waals surface area contributed by atoms with E-state index in [2.05, 4.69) is 28.2 Å². The van der Waals surface area contributed by atoms with E-state index in [0.29, 0.717) is 23.2 Å². The van der Waals surface area contributed by atoms with Gasteiger partial charge in [0.25, 0.3) is 0 Å². The molecule has 31 heavy (non-hydrogen) atoms. The molecule has 1 heterocycles. The van der Waals surface area contributed by atoms with Crippen LogP contribution in [-0.4, -0.2) is 26.4 Å². The van der Waals surface area contributed by atoms with E-state index in [1.54, 1.807) is 6.08 Å². The van der Waals surface area contributed by atoms with Crippen molar-refractivity contribution < 1.29 is 13.9 Å². The molecule has 0 aliphatic heterocycles. The number of ether oxygens (including phenoxy) is 1. The van der Waals surface area contributed by atoms with E-state index in [4.69, 9.17) is 16.3 Å². The normalized spacial score (nSPS) is 10.7. The van der Waals surface area contributed by atoms with Crippen LogP contribution < -0.4 is 10.1 Å². The maximum Gasteiger partial charge on any atom is 0.234 e. The highest BCUT2D eigenvalue weighted by Gasteiger charge is 2.15. The second-order valence-electron chi connectivity index (χ2n) is 6.88. The van der Waals surface area contributed by atoms with E-state index in [1.807, 2.05) is 30.5 Å². The number of nitrogens with one attached hydrogen (secondary N) is 1. The second-order valence-corrected chi connectivity index (χ2v) is 8.23. The monoisotopic (exact) mass is 460 g/mol. The zero-order valence-corrected chi connectivity index (χ0v) is 18.8. The molecule has 0 aliphatic carbocycles. The minimum absolute atomic E-state index is 0.0513. The standard InChI is InChI=1S/C22H22ClFN4O2S/c1-4-7-28-20(12-30-17-9-14(2)8-15(3)10-17)26-27-22(28)31-13-21(29)25-16-5-6-19(24)18(23)11-16/h4-6,8-11H,1,7,12-13H2,2-3H3,(H,25,29). The molecule has 162 valence electrons. The molecule has 0 saturated carbocycles. The molecule has 0 fully saturated rings. The molecule has 9 heteroatoms. The Bertz CT molecular complexity index is 1080. The molecule has 0 aliphatic rings. The maximum absolute atomic E-state index is 13.3. The van der Waals surface area contributed by atoms with Gasteiger partial charge >= 0.3 is 0 Å². The van der Waals surface area contributed by atoms with Crippen molar-refractivity contribution in [1.29, 1.82) is 0 Å². The number of rotatable bonds is 9. The summed E-state index contributed by atoms with van der Waals surface area (Å²) in [6, 6.07) is 10.0. The van der Waals surface area contributed by atoms with Gasteiger partial charge < -0.3 is 10.1 Å². The summed E-state index contributed by atoms with van der Waals surface area (Å²) in [6.45, 7) is 8.53. The summed E-state index contributed by atoms with van der Waals surface area (Å²) in [5, 5.41) is 11.6. The van der Waals surface area contributed by atoms with Crippen LogP contribution >= 0.6 is 23.4 Å². The fourth-order valence-corrected chi connectivity index (χ4v) is 3.86. The third kappa shape index (κ3) is 6.32. The number of amides is 1. The van der Waals surface area contributed by atoms with Crippen LogP contribution in [0.5, 0.6) is 5.75 Å². The fraction of sp³-hybridized carbons (Fsp3) is 0.227. The van der Waals surface area contributed by atoms with Crippen LogP contribution in [0.4, 0.5) is 10.1 Å². The molecule has 0 bridgehead atoms. The van der Waals surface area contributed by atoms with Gasteiger partial charge in [0.15, 0.2) is 11.0 Å². The van der Waals surface area contributed by atoms with Crippen LogP contribution in [0, 0.1) is 19.7 Å². The van der Waals surface area contributed by atoms with Crippen molar-refractivity contribution in [3.8, 4) is 5.75 Å². The number of benzene rings is 2. The smallest absolute Gasteiger partial charge is 0.234 e. The molecule has 0 radical (unpaired) electrons. The molecular formula is C22H22ClFN4O2S. The molecule has 3 aromatic rings. The van der Waals surface area contributed by atoms with Crippen molar-refractivity contribution in [1.82, 2.24) is 14.8 Å². The topological polar surface area (TPSA) is 69.0 Å². The van der Waals surface area contributed by atoms with Crippen molar-refractivity contribution in [2.75, 3.05) is 11.1 Å². The van der Waals surface area contributed by atoms with Gasteiger partial charge in [-0.25, -0.2) is 4.39 Å². The second kappa shape index (κ2) is 10.5. The van der Waals surface area contributed by atoms with Gasteiger partial charge in [0.2, 0.25) is 5.91 Å². The Hall–Kier alpha value is -2.84. The Labute approximate surface area is 189 Å². The SMILES string of the molecule is C=CCn1c(COc2cc(C)cc(C)c2)nnc1SCC(=O)Nc1ccc(F)c(Cl)c1. The van der Waals surface area contributed by atoms with Gasteiger partial charge in [-0.2, -0.15) is 0 Å². The average Bonchev–Trinajstić information content (AvgIpc) is 3.09. The van der Waals surface area contributed by atoms with E-state index in [1.165, 1.54) is 30.0 Å². The predicted molar refractivity (Wildman–Crippen MR) is 121 cm³/mol. The van der Waals surface area contributed by atoms with Gasteiger partial charge in [-0.3, -0.25) is 9.36 Å². The van der Waals surface area contributed by atoms with Crippen molar-refractivity contribution in [2.24, 2.45) is 0 Å². The van der Waals surface area contributed by atoms with Gasteiger partial charge in [0.05, 0.1) is 10.8 Å². The highest BCUT2D eigenvalue weighted by atomic mass is 35.5. The Balaban J connectivity index is 1.63. The first-order valence-electron chi connectivity index (χ1n) is 9.47.